The van der Waals surface area contributed by atoms with Gasteiger partial charge in [-0.2, -0.15) is 0 Å². The van der Waals surface area contributed by atoms with Gasteiger partial charge in [-0.3, -0.25) is 24.6 Å². The van der Waals surface area contributed by atoms with Crippen molar-refractivity contribution < 1.29 is 33.7 Å². The van der Waals surface area contributed by atoms with Crippen LogP contribution in [0.1, 0.15) is 45.3 Å². The Bertz CT molecular complexity index is 1300. The first kappa shape index (κ1) is 18.1. The molecule has 0 radical (unpaired) electrons. The van der Waals surface area contributed by atoms with E-state index in [9.17, 15) is 18.8 Å². The minimum atomic E-state index is -3.04. The number of carbonyl (C=O) groups excluding carboxylic acids is 3. The van der Waals surface area contributed by atoms with Crippen molar-refractivity contribution in [3.8, 4) is 5.75 Å². The number of nitrogens with one attached hydrogen (secondary N) is 1. The van der Waals surface area contributed by atoms with Crippen LogP contribution in [0.25, 0.3) is 0 Å². The van der Waals surface area contributed by atoms with E-state index in [1.54, 1.807) is 18.2 Å². The maximum atomic E-state index is 14.8. The summed E-state index contributed by atoms with van der Waals surface area (Å²) in [6.45, 7) is 3.10. The van der Waals surface area contributed by atoms with Gasteiger partial charge in [0.25, 0.3) is 5.91 Å². The largest absolute Gasteiger partial charge is 0.488 e. The van der Waals surface area contributed by atoms with E-state index in [0.717, 1.165) is 23.6 Å². The van der Waals surface area contributed by atoms with Gasteiger partial charge >= 0.3 is 0 Å². The van der Waals surface area contributed by atoms with Gasteiger partial charge in [-0.15, -0.1) is 0 Å². The molecular weight excluding hydrogens is 441 g/mol. The number of carbonyl (C=O) groups is 3. The van der Waals surface area contributed by atoms with Crippen LogP contribution in [0.15, 0.2) is 36.4 Å². The molecule has 9 heteroatoms. The second-order valence-corrected chi connectivity index (χ2v) is 8.31. The number of hydrogen-bond donors (Lipinski definition) is 1. The highest BCUT2D eigenvalue weighted by molar-refractivity contribution is 6.05. The van der Waals surface area contributed by atoms with E-state index >= 15 is 0 Å². The maximum absolute atomic E-state index is 14.8. The van der Waals surface area contributed by atoms with Crippen molar-refractivity contribution >= 4 is 17.7 Å². The van der Waals surface area contributed by atoms with Crippen molar-refractivity contribution in [3.63, 3.8) is 0 Å². The molecule has 0 saturated carbocycles. The third kappa shape index (κ3) is 4.53. The number of fused-ring (bicyclic) bond motifs is 1. The summed E-state index contributed by atoms with van der Waals surface area (Å²) in [5.41, 5.74) is 1.66. The van der Waals surface area contributed by atoms with Crippen LogP contribution < -0.4 is 10.1 Å². The van der Waals surface area contributed by atoms with Gasteiger partial charge in [0.1, 0.15) is 24.2 Å². The molecule has 2 fully saturated rings. The second kappa shape index (κ2) is 9.52. The highest BCUT2D eigenvalue weighted by Crippen LogP contribution is 2.34. The molecule has 178 valence electrons. The lowest BCUT2D eigenvalue weighted by Crippen LogP contribution is -2.52. The van der Waals surface area contributed by atoms with Crippen molar-refractivity contribution in [2.45, 2.75) is 38.5 Å². The summed E-state index contributed by atoms with van der Waals surface area (Å²) in [6.07, 6.45) is -6.01. The number of ether oxygens (including phenoxy) is 2. The molecule has 3 heterocycles. The van der Waals surface area contributed by atoms with E-state index in [0.29, 0.717) is 30.9 Å². The number of benzene rings is 2. The zero-order valence-electron chi connectivity index (χ0n) is 22.3. The Morgan fingerprint density at radius 3 is 2.79 bits per heavy atom. The van der Waals surface area contributed by atoms with Crippen LogP contribution in [-0.2, 0) is 34.0 Å². The van der Waals surface area contributed by atoms with E-state index < -0.39 is 42.3 Å². The molecule has 0 aromatic heterocycles. The van der Waals surface area contributed by atoms with Crippen LogP contribution in [-0.4, -0.2) is 59.9 Å². The lowest BCUT2D eigenvalue weighted by molar-refractivity contribution is -0.136. The summed E-state index contributed by atoms with van der Waals surface area (Å²) in [7, 11) is 0. The molecule has 3 aliphatic heterocycles. The van der Waals surface area contributed by atoms with Gasteiger partial charge in [-0.05, 0) is 30.1 Å². The fraction of sp³-hybridized carbons (Fsp3) is 0.400. The highest BCUT2D eigenvalue weighted by atomic mass is 19.1. The van der Waals surface area contributed by atoms with Crippen LogP contribution in [0.3, 0.4) is 0 Å². The van der Waals surface area contributed by atoms with Gasteiger partial charge in [0.2, 0.25) is 11.8 Å². The van der Waals surface area contributed by atoms with Gasteiger partial charge < -0.3 is 14.4 Å². The van der Waals surface area contributed by atoms with Crippen LogP contribution >= 0.6 is 0 Å². The standard InChI is InChI=1S/C25H26FN3O5/c26-20-12-16(13-28-8-10-33-11-9-28)4-5-17(20)15-34-22-3-1-2-18-19(22)14-29(25(18)32)21-6-7-23(30)27-24(21)31/h1-5,12,21H,6-11,13-15H2,(H,27,30,31)/i6D2,7D2. The van der Waals surface area contributed by atoms with Gasteiger partial charge in [0.15, 0.2) is 0 Å². The summed E-state index contributed by atoms with van der Waals surface area (Å²) in [5.74, 6) is -3.36. The highest BCUT2D eigenvalue weighted by Gasteiger charge is 2.40. The number of piperidine rings is 1. The smallest absolute Gasteiger partial charge is 0.255 e. The number of halogens is 1. The number of hydrogen-bond acceptors (Lipinski definition) is 6. The first-order valence-corrected chi connectivity index (χ1v) is 11.0. The Kier molecular flexibility index (Phi) is 5.06. The van der Waals surface area contributed by atoms with E-state index in [4.69, 9.17) is 15.0 Å². The van der Waals surface area contributed by atoms with Crippen LogP contribution in [0.2, 0.25) is 0 Å². The van der Waals surface area contributed by atoms with Crippen molar-refractivity contribution in [1.29, 1.82) is 0 Å². The topological polar surface area (TPSA) is 88.2 Å². The number of rotatable bonds is 6. The zero-order valence-corrected chi connectivity index (χ0v) is 18.3. The molecule has 2 saturated heterocycles. The number of morpholine rings is 1. The molecule has 0 spiro atoms. The molecule has 34 heavy (non-hydrogen) atoms. The van der Waals surface area contributed by atoms with Gasteiger partial charge in [0.05, 0.1) is 19.8 Å². The van der Waals surface area contributed by atoms with Gasteiger partial charge in [0, 0.05) is 48.2 Å². The molecule has 2 aromatic rings. The summed E-state index contributed by atoms with van der Waals surface area (Å²) >= 11 is 0. The molecule has 0 aliphatic carbocycles. The molecule has 3 aliphatic rings. The van der Waals surface area contributed by atoms with Gasteiger partial charge in [-0.1, -0.05) is 18.2 Å². The first-order valence-electron chi connectivity index (χ1n) is 13.0. The molecular formula is C25H26FN3O5. The van der Waals surface area contributed by atoms with Crippen LogP contribution in [0.5, 0.6) is 5.75 Å². The summed E-state index contributed by atoms with van der Waals surface area (Å²) in [4.78, 5) is 40.7. The third-order valence-corrected chi connectivity index (χ3v) is 6.08. The minimum Gasteiger partial charge on any atom is -0.488 e. The zero-order chi connectivity index (χ0) is 27.2. The molecule has 0 bridgehead atoms. The number of imide groups is 1. The molecule has 1 N–H and O–H groups in total. The molecule has 5 rings (SSSR count). The first-order chi connectivity index (χ1) is 18.0. The Morgan fingerprint density at radius 2 is 2.00 bits per heavy atom. The van der Waals surface area contributed by atoms with Crippen molar-refractivity contribution in [3.05, 3.63) is 64.5 Å². The minimum absolute atomic E-state index is 0.129. The lowest BCUT2D eigenvalue weighted by Gasteiger charge is -2.29. The Balaban J connectivity index is 1.32. The van der Waals surface area contributed by atoms with Gasteiger partial charge in [-0.25, -0.2) is 4.39 Å². The average molecular weight is 472 g/mol. The van der Waals surface area contributed by atoms with E-state index in [1.807, 2.05) is 11.4 Å². The predicted molar refractivity (Wildman–Crippen MR) is 119 cm³/mol. The fourth-order valence-corrected chi connectivity index (χ4v) is 4.28. The quantitative estimate of drug-likeness (QED) is 0.649. The molecule has 3 amide bonds. The Hall–Kier alpha value is -3.30. The normalized spacial score (nSPS) is 25.6. The summed E-state index contributed by atoms with van der Waals surface area (Å²) in [6, 6.07) is 7.69. The van der Waals surface area contributed by atoms with Crippen LogP contribution in [0, 0.1) is 5.82 Å². The maximum Gasteiger partial charge on any atom is 0.255 e. The van der Waals surface area contributed by atoms with E-state index in [2.05, 4.69) is 4.90 Å². The molecule has 8 nitrogen and oxygen atoms in total. The summed E-state index contributed by atoms with van der Waals surface area (Å²) < 4.78 is 58.2. The fourth-order valence-electron chi connectivity index (χ4n) is 4.28. The Morgan fingerprint density at radius 1 is 1.18 bits per heavy atom. The SMILES string of the molecule is [2H]C1([2H])C(=O)NC(=O)C(N2Cc3c(OCc4ccc(CN5CCOCC5)cc4F)cccc3C2=O)C1([2H])[2H]. The average Bonchev–Trinajstić information content (AvgIpc) is 3.19. The lowest BCUT2D eigenvalue weighted by atomic mass is 10.0. The third-order valence-electron chi connectivity index (χ3n) is 6.08. The summed E-state index contributed by atoms with van der Waals surface area (Å²) in [5, 5.41) is 1.83. The van der Waals surface area contributed by atoms with Crippen LogP contribution in [0.4, 0.5) is 4.39 Å². The predicted octanol–water partition coefficient (Wildman–Crippen LogP) is 2.00. The second-order valence-electron chi connectivity index (χ2n) is 8.31. The molecule has 2 aromatic carbocycles. The van der Waals surface area contributed by atoms with E-state index in [1.165, 1.54) is 12.1 Å². The molecule has 1 unspecified atom stereocenters. The van der Waals surface area contributed by atoms with Crippen molar-refractivity contribution in [2.75, 3.05) is 26.3 Å². The van der Waals surface area contributed by atoms with Crippen molar-refractivity contribution in [2.24, 2.45) is 0 Å². The monoisotopic (exact) mass is 471 g/mol. The van der Waals surface area contributed by atoms with Crippen molar-refractivity contribution in [1.82, 2.24) is 15.1 Å². The van der Waals surface area contributed by atoms with E-state index in [-0.39, 0.29) is 24.5 Å². The number of amides is 3. The number of nitrogens with zero attached hydrogens (tertiary/aromatic N) is 2. The Labute approximate surface area is 202 Å². The molecule has 1 atom stereocenters.